The van der Waals surface area contributed by atoms with E-state index in [-0.39, 0.29) is 10.6 Å². The van der Waals surface area contributed by atoms with Crippen molar-refractivity contribution in [3.63, 3.8) is 0 Å². The fourth-order valence-corrected chi connectivity index (χ4v) is 1.07. The van der Waals surface area contributed by atoms with Crippen LogP contribution in [0.3, 0.4) is 0 Å². The highest BCUT2D eigenvalue weighted by Gasteiger charge is 2.32. The first-order valence-corrected chi connectivity index (χ1v) is 3.90. The van der Waals surface area contributed by atoms with Gasteiger partial charge in [0.25, 0.3) is 0 Å². The largest absolute Gasteiger partial charge is 0.573 e. The molecule has 6 heteroatoms. The van der Waals surface area contributed by atoms with Crippen molar-refractivity contribution >= 4 is 11.6 Å². The fraction of sp³-hybridized carbons (Fsp3) is 0.250. The van der Waals surface area contributed by atoms with Crippen LogP contribution in [0.2, 0.25) is 5.02 Å². The van der Waals surface area contributed by atoms with E-state index in [4.69, 9.17) is 11.6 Å². The summed E-state index contributed by atoms with van der Waals surface area (Å²) >= 11 is 5.46. The molecule has 0 atom stereocenters. The summed E-state index contributed by atoms with van der Waals surface area (Å²) in [6, 6.07) is 3.26. The highest BCUT2D eigenvalue weighted by molar-refractivity contribution is 6.30. The number of halogens is 5. The van der Waals surface area contributed by atoms with Crippen molar-refractivity contribution in [1.82, 2.24) is 0 Å². The number of rotatable bonds is 2. The van der Waals surface area contributed by atoms with Crippen LogP contribution in [0.4, 0.5) is 17.6 Å². The summed E-state index contributed by atoms with van der Waals surface area (Å²) in [4.78, 5) is 0. The lowest BCUT2D eigenvalue weighted by Gasteiger charge is -2.11. The summed E-state index contributed by atoms with van der Waals surface area (Å²) in [6.45, 7) is -1.06. The van der Waals surface area contributed by atoms with E-state index in [9.17, 15) is 17.6 Å². The first-order chi connectivity index (χ1) is 6.42. The van der Waals surface area contributed by atoms with E-state index in [1.54, 1.807) is 0 Å². The summed E-state index contributed by atoms with van der Waals surface area (Å²) < 4.78 is 51.2. The smallest absolute Gasteiger partial charge is 0.405 e. The molecule has 0 saturated carbocycles. The van der Waals surface area contributed by atoms with E-state index in [0.29, 0.717) is 0 Å². The van der Waals surface area contributed by atoms with Gasteiger partial charge in [0, 0.05) is 10.6 Å². The maximum atomic E-state index is 12.2. The van der Waals surface area contributed by atoms with Crippen molar-refractivity contribution in [2.24, 2.45) is 0 Å². The van der Waals surface area contributed by atoms with E-state index >= 15 is 0 Å². The third kappa shape index (κ3) is 3.06. The Labute approximate surface area is 82.2 Å². The molecule has 0 aliphatic heterocycles. The van der Waals surface area contributed by atoms with Gasteiger partial charge < -0.3 is 4.74 Å². The Kier molecular flexibility index (Phi) is 3.21. The topological polar surface area (TPSA) is 9.23 Å². The number of hydrogen-bond donors (Lipinski definition) is 0. The summed E-state index contributed by atoms with van der Waals surface area (Å²) in [7, 11) is 0. The molecule has 78 valence electrons. The molecule has 0 fully saturated rings. The zero-order valence-corrected chi connectivity index (χ0v) is 7.49. The van der Waals surface area contributed by atoms with Crippen molar-refractivity contribution < 1.29 is 22.3 Å². The highest BCUT2D eigenvalue weighted by Crippen LogP contribution is 2.29. The molecule has 1 nitrogen and oxygen atoms in total. The highest BCUT2D eigenvalue weighted by atomic mass is 35.5. The average Bonchev–Trinajstić information content (AvgIpc) is 2.06. The van der Waals surface area contributed by atoms with E-state index < -0.39 is 18.8 Å². The van der Waals surface area contributed by atoms with Crippen molar-refractivity contribution in [2.45, 2.75) is 13.0 Å². The molecule has 0 unspecified atom stereocenters. The Balaban J connectivity index is 2.97. The van der Waals surface area contributed by atoms with Crippen molar-refractivity contribution in [3.8, 4) is 5.75 Å². The van der Waals surface area contributed by atoms with Crippen LogP contribution < -0.4 is 4.74 Å². The van der Waals surface area contributed by atoms with Crippen molar-refractivity contribution in [2.75, 3.05) is 0 Å². The molecule has 1 rings (SSSR count). The lowest BCUT2D eigenvalue weighted by Crippen LogP contribution is -2.18. The molecular weight excluding hydrogens is 224 g/mol. The lowest BCUT2D eigenvalue weighted by molar-refractivity contribution is -0.275. The van der Waals surface area contributed by atoms with Crippen LogP contribution in [0.25, 0.3) is 0 Å². The van der Waals surface area contributed by atoms with Crippen LogP contribution in [0, 0.1) is 0 Å². The van der Waals surface area contributed by atoms with Crippen LogP contribution in [-0.2, 0) is 6.67 Å². The summed E-state index contributed by atoms with van der Waals surface area (Å²) in [6.07, 6.45) is -4.82. The molecule has 0 bridgehead atoms. The number of ether oxygens (including phenoxy) is 1. The first-order valence-electron chi connectivity index (χ1n) is 3.52. The van der Waals surface area contributed by atoms with Gasteiger partial charge in [0.15, 0.2) is 0 Å². The van der Waals surface area contributed by atoms with E-state index in [1.165, 1.54) is 6.07 Å². The van der Waals surface area contributed by atoms with Crippen molar-refractivity contribution in [3.05, 3.63) is 28.8 Å². The summed E-state index contributed by atoms with van der Waals surface area (Å²) in [5.41, 5.74) is -0.227. The molecule has 1 aromatic rings. The standard InChI is InChI=1S/C8H5ClF4O/c9-6-1-2-7(5(3-6)4-10)14-8(11,12)13/h1-3H,4H2. The molecule has 0 spiro atoms. The molecule has 0 saturated heterocycles. The minimum absolute atomic E-state index is 0.159. The van der Waals surface area contributed by atoms with Gasteiger partial charge >= 0.3 is 6.36 Å². The molecule has 0 amide bonds. The molecule has 14 heavy (non-hydrogen) atoms. The zero-order chi connectivity index (χ0) is 10.8. The summed E-state index contributed by atoms with van der Waals surface area (Å²) in [5, 5.41) is 0.159. The lowest BCUT2D eigenvalue weighted by atomic mass is 10.2. The second-order valence-electron chi connectivity index (χ2n) is 2.43. The normalized spacial score (nSPS) is 11.5. The van der Waals surface area contributed by atoms with Gasteiger partial charge in [-0.1, -0.05) is 11.6 Å². The van der Waals surface area contributed by atoms with E-state index in [0.717, 1.165) is 12.1 Å². The first kappa shape index (κ1) is 11.1. The van der Waals surface area contributed by atoms with Gasteiger partial charge in [-0.3, -0.25) is 0 Å². The number of alkyl halides is 4. The molecule has 0 N–H and O–H groups in total. The Morgan fingerprint density at radius 3 is 2.43 bits per heavy atom. The summed E-state index contributed by atoms with van der Waals surface area (Å²) in [5.74, 6) is -0.565. The predicted molar refractivity (Wildman–Crippen MR) is 42.9 cm³/mol. The van der Waals surface area contributed by atoms with Gasteiger partial charge in [0.05, 0.1) is 0 Å². The second kappa shape index (κ2) is 4.04. The maximum Gasteiger partial charge on any atom is 0.573 e. The molecular formula is C8H5ClF4O. The molecule has 0 aliphatic rings. The van der Waals surface area contributed by atoms with Gasteiger partial charge in [-0.25, -0.2) is 4.39 Å². The molecule has 0 aromatic heterocycles. The monoisotopic (exact) mass is 228 g/mol. The molecule has 0 aliphatic carbocycles. The van der Waals surface area contributed by atoms with Crippen molar-refractivity contribution in [1.29, 1.82) is 0 Å². The van der Waals surface area contributed by atoms with Gasteiger partial charge in [-0.15, -0.1) is 13.2 Å². The Morgan fingerprint density at radius 1 is 1.29 bits per heavy atom. The zero-order valence-electron chi connectivity index (χ0n) is 6.74. The van der Waals surface area contributed by atoms with Crippen LogP contribution in [0.15, 0.2) is 18.2 Å². The molecule has 1 aromatic carbocycles. The van der Waals surface area contributed by atoms with E-state index in [2.05, 4.69) is 4.74 Å². The fourth-order valence-electron chi connectivity index (χ4n) is 0.877. The quantitative estimate of drug-likeness (QED) is 0.701. The minimum atomic E-state index is -4.82. The van der Waals surface area contributed by atoms with E-state index in [1.807, 2.05) is 0 Å². The number of hydrogen-bond acceptors (Lipinski definition) is 1. The Morgan fingerprint density at radius 2 is 1.93 bits per heavy atom. The van der Waals surface area contributed by atoms with Crippen LogP contribution in [0.1, 0.15) is 5.56 Å². The predicted octanol–water partition coefficient (Wildman–Crippen LogP) is 3.71. The third-order valence-corrected chi connectivity index (χ3v) is 1.63. The second-order valence-corrected chi connectivity index (χ2v) is 2.87. The number of benzene rings is 1. The Bertz CT molecular complexity index is 324. The minimum Gasteiger partial charge on any atom is -0.405 e. The van der Waals surface area contributed by atoms with Gasteiger partial charge in [-0.2, -0.15) is 0 Å². The maximum absolute atomic E-state index is 12.2. The Hall–Kier alpha value is -0.970. The van der Waals surface area contributed by atoms with Crippen LogP contribution >= 0.6 is 11.6 Å². The van der Waals surface area contributed by atoms with Crippen LogP contribution in [-0.4, -0.2) is 6.36 Å². The van der Waals surface area contributed by atoms with Crippen LogP contribution in [0.5, 0.6) is 5.75 Å². The molecule has 0 heterocycles. The van der Waals surface area contributed by atoms with Gasteiger partial charge in [0.1, 0.15) is 12.4 Å². The average molecular weight is 229 g/mol. The van der Waals surface area contributed by atoms with Gasteiger partial charge in [0.2, 0.25) is 0 Å². The van der Waals surface area contributed by atoms with Gasteiger partial charge in [-0.05, 0) is 18.2 Å². The SMILES string of the molecule is FCc1cc(Cl)ccc1OC(F)(F)F. The third-order valence-electron chi connectivity index (χ3n) is 1.39. The molecule has 0 radical (unpaired) electrons.